The Labute approximate surface area is 168 Å². The minimum absolute atomic E-state index is 0.233. The Bertz CT molecular complexity index is 1110. The van der Waals surface area contributed by atoms with E-state index in [1.807, 2.05) is 48.5 Å². The van der Waals surface area contributed by atoms with Crippen molar-refractivity contribution in [3.05, 3.63) is 95.8 Å². The van der Waals surface area contributed by atoms with Crippen LogP contribution in [0, 0.1) is 6.92 Å². The number of carbonyl (C=O) groups is 1. The van der Waals surface area contributed by atoms with Crippen molar-refractivity contribution in [3.63, 3.8) is 0 Å². The van der Waals surface area contributed by atoms with Crippen LogP contribution in [0.5, 0.6) is 5.75 Å². The van der Waals surface area contributed by atoms with Crippen LogP contribution in [0.2, 0.25) is 0 Å². The number of nitrogens with zero attached hydrogens (tertiary/aromatic N) is 2. The predicted molar refractivity (Wildman–Crippen MR) is 110 cm³/mol. The standard InChI is InChI=1S/C23H19N3O3/c1-16-24-23(29-26-16)20-9-5-6-10-21(20)25-22(27)18-11-13-19(14-12-18)28-15-17-7-3-2-4-8-17/h2-14H,15H2,1H3,(H,25,27). The molecule has 6 heteroatoms. The van der Waals surface area contributed by atoms with E-state index in [0.29, 0.717) is 40.9 Å². The number of carbonyl (C=O) groups excluding carboxylic acids is 1. The normalized spacial score (nSPS) is 10.5. The summed E-state index contributed by atoms with van der Waals surface area (Å²) in [4.78, 5) is 16.9. The molecule has 0 saturated carbocycles. The average Bonchev–Trinajstić information content (AvgIpc) is 3.20. The van der Waals surface area contributed by atoms with Gasteiger partial charge in [0.25, 0.3) is 11.8 Å². The average molecular weight is 385 g/mol. The molecule has 1 aromatic heterocycles. The van der Waals surface area contributed by atoms with E-state index in [9.17, 15) is 4.79 Å². The van der Waals surface area contributed by atoms with Crippen molar-refractivity contribution in [2.24, 2.45) is 0 Å². The zero-order valence-corrected chi connectivity index (χ0v) is 15.8. The van der Waals surface area contributed by atoms with Gasteiger partial charge in [0.2, 0.25) is 0 Å². The molecule has 0 aliphatic heterocycles. The molecule has 0 spiro atoms. The van der Waals surface area contributed by atoms with Crippen LogP contribution in [0.1, 0.15) is 21.7 Å². The van der Waals surface area contributed by atoms with Gasteiger partial charge in [-0.25, -0.2) is 0 Å². The Kier molecular flexibility index (Phi) is 5.33. The monoisotopic (exact) mass is 385 g/mol. The van der Waals surface area contributed by atoms with Gasteiger partial charge in [0.15, 0.2) is 5.82 Å². The molecular weight excluding hydrogens is 366 g/mol. The fraction of sp³-hybridized carbons (Fsp3) is 0.0870. The highest BCUT2D eigenvalue weighted by molar-refractivity contribution is 6.06. The lowest BCUT2D eigenvalue weighted by molar-refractivity contribution is 0.102. The number of rotatable bonds is 6. The first-order chi connectivity index (χ1) is 14.2. The molecule has 1 heterocycles. The molecule has 3 aromatic carbocycles. The van der Waals surface area contributed by atoms with Gasteiger partial charge in [-0.3, -0.25) is 4.79 Å². The summed E-state index contributed by atoms with van der Waals surface area (Å²) in [7, 11) is 0. The minimum Gasteiger partial charge on any atom is -0.489 e. The van der Waals surface area contributed by atoms with E-state index >= 15 is 0 Å². The van der Waals surface area contributed by atoms with Crippen LogP contribution in [-0.4, -0.2) is 16.0 Å². The van der Waals surface area contributed by atoms with Crippen LogP contribution < -0.4 is 10.1 Å². The maximum Gasteiger partial charge on any atom is 0.260 e. The van der Waals surface area contributed by atoms with Gasteiger partial charge in [-0.15, -0.1) is 0 Å². The lowest BCUT2D eigenvalue weighted by Crippen LogP contribution is -2.12. The number of aromatic nitrogens is 2. The number of anilines is 1. The molecule has 1 amide bonds. The van der Waals surface area contributed by atoms with Crippen molar-refractivity contribution >= 4 is 11.6 Å². The van der Waals surface area contributed by atoms with Gasteiger partial charge in [0.05, 0.1) is 11.3 Å². The molecular formula is C23H19N3O3. The smallest absolute Gasteiger partial charge is 0.260 e. The summed E-state index contributed by atoms with van der Waals surface area (Å²) in [6, 6.07) is 24.3. The molecule has 6 nitrogen and oxygen atoms in total. The molecule has 1 N–H and O–H groups in total. The lowest BCUT2D eigenvalue weighted by atomic mass is 10.1. The van der Waals surface area contributed by atoms with Crippen LogP contribution in [0.3, 0.4) is 0 Å². The highest BCUT2D eigenvalue weighted by Crippen LogP contribution is 2.27. The van der Waals surface area contributed by atoms with Crippen LogP contribution in [0.15, 0.2) is 83.4 Å². The Morgan fingerprint density at radius 1 is 0.966 bits per heavy atom. The zero-order valence-electron chi connectivity index (χ0n) is 15.8. The Morgan fingerprint density at radius 2 is 1.69 bits per heavy atom. The molecule has 0 atom stereocenters. The van der Waals surface area contributed by atoms with Crippen molar-refractivity contribution < 1.29 is 14.1 Å². The number of para-hydroxylation sites is 1. The van der Waals surface area contributed by atoms with E-state index in [1.54, 1.807) is 37.3 Å². The van der Waals surface area contributed by atoms with Crippen LogP contribution in [0.25, 0.3) is 11.5 Å². The van der Waals surface area contributed by atoms with Crippen molar-refractivity contribution in [1.29, 1.82) is 0 Å². The summed E-state index contributed by atoms with van der Waals surface area (Å²) in [5.74, 6) is 1.37. The summed E-state index contributed by atoms with van der Waals surface area (Å²) >= 11 is 0. The Balaban J connectivity index is 1.44. The second-order valence-electron chi connectivity index (χ2n) is 6.45. The number of hydrogen-bond acceptors (Lipinski definition) is 5. The third-order valence-electron chi connectivity index (χ3n) is 4.30. The summed E-state index contributed by atoms with van der Waals surface area (Å²) in [5, 5.41) is 6.71. The number of benzene rings is 3. The fourth-order valence-corrected chi connectivity index (χ4v) is 2.82. The number of nitrogens with one attached hydrogen (secondary N) is 1. The summed E-state index contributed by atoms with van der Waals surface area (Å²) in [6.07, 6.45) is 0. The summed E-state index contributed by atoms with van der Waals surface area (Å²) < 4.78 is 11.0. The summed E-state index contributed by atoms with van der Waals surface area (Å²) in [6.45, 7) is 2.22. The highest BCUT2D eigenvalue weighted by Gasteiger charge is 2.14. The number of amides is 1. The zero-order chi connectivity index (χ0) is 20.1. The molecule has 4 rings (SSSR count). The number of ether oxygens (including phenoxy) is 1. The molecule has 4 aromatic rings. The second-order valence-corrected chi connectivity index (χ2v) is 6.45. The maximum absolute atomic E-state index is 12.7. The fourth-order valence-electron chi connectivity index (χ4n) is 2.82. The van der Waals surface area contributed by atoms with E-state index < -0.39 is 0 Å². The van der Waals surface area contributed by atoms with E-state index in [-0.39, 0.29) is 5.91 Å². The molecule has 0 radical (unpaired) electrons. The predicted octanol–water partition coefficient (Wildman–Crippen LogP) is 4.88. The van der Waals surface area contributed by atoms with E-state index in [1.165, 1.54) is 0 Å². The number of hydrogen-bond donors (Lipinski definition) is 1. The van der Waals surface area contributed by atoms with Crippen molar-refractivity contribution in [3.8, 4) is 17.2 Å². The van der Waals surface area contributed by atoms with E-state index in [2.05, 4.69) is 15.5 Å². The van der Waals surface area contributed by atoms with Gasteiger partial charge < -0.3 is 14.6 Å². The summed E-state index contributed by atoms with van der Waals surface area (Å²) in [5.41, 5.74) is 2.88. The van der Waals surface area contributed by atoms with E-state index in [4.69, 9.17) is 9.26 Å². The Hall–Kier alpha value is -3.93. The van der Waals surface area contributed by atoms with Gasteiger partial charge in [0, 0.05) is 5.56 Å². The molecule has 0 saturated heterocycles. The van der Waals surface area contributed by atoms with Gasteiger partial charge in [-0.1, -0.05) is 47.6 Å². The second kappa shape index (κ2) is 8.39. The van der Waals surface area contributed by atoms with Gasteiger partial charge in [-0.05, 0) is 48.9 Å². The largest absolute Gasteiger partial charge is 0.489 e. The lowest BCUT2D eigenvalue weighted by Gasteiger charge is -2.10. The SMILES string of the molecule is Cc1noc(-c2ccccc2NC(=O)c2ccc(OCc3ccccc3)cc2)n1. The van der Waals surface area contributed by atoms with Crippen LogP contribution in [0.4, 0.5) is 5.69 Å². The van der Waals surface area contributed by atoms with Gasteiger partial charge in [-0.2, -0.15) is 4.98 Å². The van der Waals surface area contributed by atoms with Gasteiger partial charge >= 0.3 is 0 Å². The topological polar surface area (TPSA) is 77.2 Å². The third-order valence-corrected chi connectivity index (χ3v) is 4.30. The van der Waals surface area contributed by atoms with Crippen molar-refractivity contribution in [2.75, 3.05) is 5.32 Å². The van der Waals surface area contributed by atoms with Gasteiger partial charge in [0.1, 0.15) is 12.4 Å². The van der Waals surface area contributed by atoms with E-state index in [0.717, 1.165) is 5.56 Å². The van der Waals surface area contributed by atoms with Crippen LogP contribution >= 0.6 is 0 Å². The quantitative estimate of drug-likeness (QED) is 0.512. The van der Waals surface area contributed by atoms with Crippen LogP contribution in [-0.2, 0) is 6.61 Å². The first kappa shape index (κ1) is 18.4. The highest BCUT2D eigenvalue weighted by atomic mass is 16.5. The maximum atomic E-state index is 12.7. The molecule has 29 heavy (non-hydrogen) atoms. The molecule has 0 bridgehead atoms. The van der Waals surface area contributed by atoms with Crippen molar-refractivity contribution in [2.45, 2.75) is 13.5 Å². The molecule has 0 aliphatic rings. The molecule has 144 valence electrons. The third kappa shape index (κ3) is 4.50. The minimum atomic E-state index is -0.233. The molecule has 0 fully saturated rings. The first-order valence-corrected chi connectivity index (χ1v) is 9.17. The molecule has 0 aliphatic carbocycles. The van der Waals surface area contributed by atoms with Crippen molar-refractivity contribution in [1.82, 2.24) is 10.1 Å². The Morgan fingerprint density at radius 3 is 2.41 bits per heavy atom. The first-order valence-electron chi connectivity index (χ1n) is 9.17. The number of aryl methyl sites for hydroxylation is 1. The molecule has 0 unspecified atom stereocenters.